The number of carboxylic acid groups (broad SMARTS) is 1. The van der Waals surface area contributed by atoms with E-state index in [2.05, 4.69) is 5.32 Å². The van der Waals surface area contributed by atoms with Gasteiger partial charge in [-0.25, -0.2) is 4.79 Å². The summed E-state index contributed by atoms with van der Waals surface area (Å²) < 4.78 is 0. The number of carboxylic acids is 1. The van der Waals surface area contributed by atoms with E-state index in [9.17, 15) is 9.59 Å². The molecule has 1 aromatic heterocycles. The van der Waals surface area contributed by atoms with E-state index in [-0.39, 0.29) is 12.5 Å². The average molecular weight is 312 g/mol. The summed E-state index contributed by atoms with van der Waals surface area (Å²) in [7, 11) is 0. The van der Waals surface area contributed by atoms with Crippen molar-refractivity contribution in [1.82, 2.24) is 10.2 Å². The molecule has 2 amide bonds. The van der Waals surface area contributed by atoms with Crippen LogP contribution in [0.5, 0.6) is 0 Å². The van der Waals surface area contributed by atoms with Gasteiger partial charge in [-0.1, -0.05) is 13.0 Å². The molecule has 1 rings (SSSR count). The van der Waals surface area contributed by atoms with Crippen molar-refractivity contribution in [2.75, 3.05) is 13.1 Å². The number of hydrogen-bond donors (Lipinski definition) is 2. The van der Waals surface area contributed by atoms with Gasteiger partial charge in [-0.2, -0.15) is 0 Å². The van der Waals surface area contributed by atoms with Gasteiger partial charge >= 0.3 is 12.0 Å². The van der Waals surface area contributed by atoms with Crippen LogP contribution in [0.3, 0.4) is 0 Å². The summed E-state index contributed by atoms with van der Waals surface area (Å²) in [6.07, 6.45) is 1.64. The van der Waals surface area contributed by atoms with E-state index >= 15 is 0 Å². The molecule has 0 saturated carbocycles. The maximum Gasteiger partial charge on any atom is 0.317 e. The smallest absolute Gasteiger partial charge is 0.317 e. The highest BCUT2D eigenvalue weighted by Crippen LogP contribution is 2.12. The molecule has 0 aromatic carbocycles. The minimum atomic E-state index is -0.765. The molecule has 1 atom stereocenters. The average Bonchev–Trinajstić information content (AvgIpc) is 2.95. The molecule has 6 heteroatoms. The van der Waals surface area contributed by atoms with Gasteiger partial charge in [-0.05, 0) is 37.1 Å². The lowest BCUT2D eigenvalue weighted by atomic mass is 10.0. The van der Waals surface area contributed by atoms with Crippen LogP contribution in [-0.4, -0.2) is 35.1 Å². The SMILES string of the molecule is CCN(Cc1cccs1)C(=O)NCCC(C)CCC(=O)O. The van der Waals surface area contributed by atoms with Crippen molar-refractivity contribution in [3.63, 3.8) is 0 Å². The van der Waals surface area contributed by atoms with Crippen molar-refractivity contribution < 1.29 is 14.7 Å². The van der Waals surface area contributed by atoms with Gasteiger partial charge in [0, 0.05) is 24.4 Å². The first-order valence-corrected chi connectivity index (χ1v) is 8.17. The van der Waals surface area contributed by atoms with Crippen LogP contribution in [-0.2, 0) is 11.3 Å². The van der Waals surface area contributed by atoms with Crippen LogP contribution >= 0.6 is 11.3 Å². The summed E-state index contributed by atoms with van der Waals surface area (Å²) in [6.45, 7) is 5.86. The highest BCUT2D eigenvalue weighted by molar-refractivity contribution is 7.09. The fourth-order valence-electron chi connectivity index (χ4n) is 1.97. The number of carbonyl (C=O) groups is 2. The Kier molecular flexibility index (Phi) is 7.82. The minimum absolute atomic E-state index is 0.0589. The third-order valence-corrected chi connectivity index (χ3v) is 4.22. The Morgan fingerprint density at radius 1 is 1.43 bits per heavy atom. The second-order valence-electron chi connectivity index (χ2n) is 5.15. The van der Waals surface area contributed by atoms with Gasteiger partial charge in [-0.15, -0.1) is 11.3 Å². The number of aliphatic carboxylic acids is 1. The predicted molar refractivity (Wildman–Crippen MR) is 84.5 cm³/mol. The Bertz CT molecular complexity index is 434. The maximum absolute atomic E-state index is 12.1. The molecule has 0 aliphatic heterocycles. The fourth-order valence-corrected chi connectivity index (χ4v) is 2.69. The van der Waals surface area contributed by atoms with Crippen molar-refractivity contribution >= 4 is 23.3 Å². The summed E-state index contributed by atoms with van der Waals surface area (Å²) in [4.78, 5) is 25.5. The lowest BCUT2D eigenvalue weighted by Crippen LogP contribution is -2.39. The van der Waals surface area contributed by atoms with Gasteiger partial charge < -0.3 is 15.3 Å². The number of carbonyl (C=O) groups excluding carboxylic acids is 1. The zero-order valence-electron chi connectivity index (χ0n) is 12.7. The molecule has 0 aliphatic carbocycles. The Morgan fingerprint density at radius 2 is 2.19 bits per heavy atom. The van der Waals surface area contributed by atoms with Crippen LogP contribution in [0.4, 0.5) is 4.79 Å². The molecule has 0 bridgehead atoms. The molecule has 1 unspecified atom stereocenters. The molecule has 0 saturated heterocycles. The zero-order chi connectivity index (χ0) is 15.7. The second-order valence-corrected chi connectivity index (χ2v) is 6.18. The first-order chi connectivity index (χ1) is 10.0. The maximum atomic E-state index is 12.1. The Balaban J connectivity index is 2.26. The monoisotopic (exact) mass is 312 g/mol. The normalized spacial score (nSPS) is 11.9. The zero-order valence-corrected chi connectivity index (χ0v) is 13.5. The lowest BCUT2D eigenvalue weighted by Gasteiger charge is -2.21. The molecule has 1 heterocycles. The second kappa shape index (κ2) is 9.39. The van der Waals surface area contributed by atoms with Gasteiger partial charge in [-0.3, -0.25) is 4.79 Å². The topological polar surface area (TPSA) is 69.6 Å². The number of nitrogens with one attached hydrogen (secondary N) is 1. The van der Waals surface area contributed by atoms with Crippen molar-refractivity contribution in [2.45, 2.75) is 39.7 Å². The summed E-state index contributed by atoms with van der Waals surface area (Å²) in [5.41, 5.74) is 0. The van der Waals surface area contributed by atoms with Gasteiger partial charge in [0.1, 0.15) is 0 Å². The number of hydrogen-bond acceptors (Lipinski definition) is 3. The number of nitrogens with zero attached hydrogens (tertiary/aromatic N) is 1. The van der Waals surface area contributed by atoms with Crippen LogP contribution in [0.25, 0.3) is 0 Å². The first kappa shape index (κ1) is 17.5. The number of thiophene rings is 1. The van der Waals surface area contributed by atoms with Gasteiger partial charge in [0.05, 0.1) is 6.54 Å². The molecule has 118 valence electrons. The van der Waals surface area contributed by atoms with E-state index in [1.54, 1.807) is 16.2 Å². The van der Waals surface area contributed by atoms with Crippen LogP contribution in [0.1, 0.15) is 38.0 Å². The third kappa shape index (κ3) is 7.13. The quantitative estimate of drug-likeness (QED) is 0.736. The van der Waals surface area contributed by atoms with E-state index in [0.29, 0.717) is 32.0 Å². The summed E-state index contributed by atoms with van der Waals surface area (Å²) in [6, 6.07) is 3.95. The molecule has 21 heavy (non-hydrogen) atoms. The summed E-state index contributed by atoms with van der Waals surface area (Å²) in [5.74, 6) is -0.465. The molecule has 2 N–H and O–H groups in total. The van der Waals surface area contributed by atoms with Crippen LogP contribution in [0.15, 0.2) is 17.5 Å². The molecular weight excluding hydrogens is 288 g/mol. The minimum Gasteiger partial charge on any atom is -0.481 e. The van der Waals surface area contributed by atoms with Crippen LogP contribution in [0, 0.1) is 5.92 Å². The van der Waals surface area contributed by atoms with Gasteiger partial charge in [0.2, 0.25) is 0 Å². The fraction of sp³-hybridized carbons (Fsp3) is 0.600. The lowest BCUT2D eigenvalue weighted by molar-refractivity contribution is -0.137. The van der Waals surface area contributed by atoms with Crippen LogP contribution < -0.4 is 5.32 Å². The Morgan fingerprint density at radius 3 is 2.76 bits per heavy atom. The van der Waals surface area contributed by atoms with Crippen molar-refractivity contribution in [3.05, 3.63) is 22.4 Å². The van der Waals surface area contributed by atoms with Crippen molar-refractivity contribution in [3.8, 4) is 0 Å². The predicted octanol–water partition coefficient (Wildman–Crippen LogP) is 3.17. The van der Waals surface area contributed by atoms with E-state index in [1.165, 1.54) is 4.88 Å². The molecule has 0 radical (unpaired) electrons. The summed E-state index contributed by atoms with van der Waals surface area (Å²) in [5, 5.41) is 13.5. The highest BCUT2D eigenvalue weighted by Gasteiger charge is 2.12. The summed E-state index contributed by atoms with van der Waals surface area (Å²) >= 11 is 1.64. The van der Waals surface area contributed by atoms with E-state index in [0.717, 1.165) is 6.42 Å². The Hall–Kier alpha value is -1.56. The van der Waals surface area contributed by atoms with Crippen molar-refractivity contribution in [2.24, 2.45) is 5.92 Å². The van der Waals surface area contributed by atoms with Gasteiger partial charge in [0.15, 0.2) is 0 Å². The number of rotatable bonds is 9. The number of amides is 2. The molecule has 5 nitrogen and oxygen atoms in total. The van der Waals surface area contributed by atoms with Crippen LogP contribution in [0.2, 0.25) is 0 Å². The van der Waals surface area contributed by atoms with E-state index in [4.69, 9.17) is 5.11 Å². The molecule has 0 spiro atoms. The molecule has 0 aliphatic rings. The van der Waals surface area contributed by atoms with E-state index in [1.807, 2.05) is 31.4 Å². The highest BCUT2D eigenvalue weighted by atomic mass is 32.1. The standard InChI is InChI=1S/C15H24N2O3S/c1-3-17(11-13-5-4-10-21-13)15(20)16-9-8-12(2)6-7-14(18)19/h4-5,10,12H,3,6-9,11H2,1-2H3,(H,16,20)(H,18,19). The largest absolute Gasteiger partial charge is 0.481 e. The number of urea groups is 1. The van der Waals surface area contributed by atoms with Gasteiger partial charge in [0.25, 0.3) is 0 Å². The first-order valence-electron chi connectivity index (χ1n) is 7.29. The molecule has 0 fully saturated rings. The Labute approximate surface area is 130 Å². The van der Waals surface area contributed by atoms with Crippen molar-refractivity contribution in [1.29, 1.82) is 0 Å². The molecular formula is C15H24N2O3S. The third-order valence-electron chi connectivity index (χ3n) is 3.36. The van der Waals surface area contributed by atoms with E-state index < -0.39 is 5.97 Å². The molecule has 1 aromatic rings.